The van der Waals surface area contributed by atoms with Crippen molar-refractivity contribution in [3.05, 3.63) is 59.8 Å². The van der Waals surface area contributed by atoms with Gasteiger partial charge in [0.25, 0.3) is 0 Å². The van der Waals surface area contributed by atoms with Crippen molar-refractivity contribution < 1.29 is 14.6 Å². The minimum absolute atomic E-state index is 0.0465. The molecule has 2 aromatic rings. The Morgan fingerprint density at radius 3 is 2.87 bits per heavy atom. The molecular formula is C17H19N3O3. The SMILES string of the molecule is Nc1ncc(C=CCCNC(=O)OCc2ccccc2)cc1O. The lowest BCUT2D eigenvalue weighted by atomic mass is 10.2. The van der Waals surface area contributed by atoms with Crippen LogP contribution in [0, 0.1) is 0 Å². The van der Waals surface area contributed by atoms with E-state index in [1.54, 1.807) is 12.3 Å². The maximum Gasteiger partial charge on any atom is 0.407 e. The number of carbonyl (C=O) groups excluding carboxylic acids is 1. The van der Waals surface area contributed by atoms with Crippen molar-refractivity contribution in [2.75, 3.05) is 12.3 Å². The summed E-state index contributed by atoms with van der Waals surface area (Å²) in [5, 5.41) is 12.1. The first-order chi connectivity index (χ1) is 11.1. The zero-order valence-corrected chi connectivity index (χ0v) is 12.6. The molecule has 0 aliphatic heterocycles. The van der Waals surface area contributed by atoms with Crippen molar-refractivity contribution in [3.63, 3.8) is 0 Å². The van der Waals surface area contributed by atoms with Crippen LogP contribution in [0.5, 0.6) is 5.75 Å². The van der Waals surface area contributed by atoms with Crippen LogP contribution in [0.4, 0.5) is 10.6 Å². The third-order valence-electron chi connectivity index (χ3n) is 3.02. The van der Waals surface area contributed by atoms with E-state index in [1.807, 2.05) is 36.4 Å². The van der Waals surface area contributed by atoms with Gasteiger partial charge < -0.3 is 20.9 Å². The Labute approximate surface area is 134 Å². The van der Waals surface area contributed by atoms with Crippen LogP contribution in [0.1, 0.15) is 17.5 Å². The first-order valence-corrected chi connectivity index (χ1v) is 7.21. The lowest BCUT2D eigenvalue weighted by molar-refractivity contribution is 0.140. The fraction of sp³-hybridized carbons (Fsp3) is 0.176. The predicted molar refractivity (Wildman–Crippen MR) is 88.6 cm³/mol. The molecule has 0 fully saturated rings. The molecule has 1 aromatic carbocycles. The Bertz CT molecular complexity index is 672. The van der Waals surface area contributed by atoms with Gasteiger partial charge >= 0.3 is 6.09 Å². The topological polar surface area (TPSA) is 97.5 Å². The second-order valence-corrected chi connectivity index (χ2v) is 4.85. The highest BCUT2D eigenvalue weighted by atomic mass is 16.5. The Hall–Kier alpha value is -3.02. The first kappa shape index (κ1) is 16.4. The molecule has 6 nitrogen and oxygen atoms in total. The number of carbonyl (C=O) groups is 1. The van der Waals surface area contributed by atoms with E-state index in [-0.39, 0.29) is 18.2 Å². The van der Waals surface area contributed by atoms with Crippen LogP contribution in [0.15, 0.2) is 48.7 Å². The molecule has 0 atom stereocenters. The first-order valence-electron chi connectivity index (χ1n) is 7.21. The molecule has 0 unspecified atom stereocenters. The normalized spacial score (nSPS) is 10.6. The minimum atomic E-state index is -0.450. The summed E-state index contributed by atoms with van der Waals surface area (Å²) in [6.45, 7) is 0.706. The second kappa shape index (κ2) is 8.43. The molecule has 23 heavy (non-hydrogen) atoms. The molecule has 0 bridgehead atoms. The predicted octanol–water partition coefficient (Wildman–Crippen LogP) is 2.70. The van der Waals surface area contributed by atoms with E-state index in [4.69, 9.17) is 10.5 Å². The number of alkyl carbamates (subject to hydrolysis) is 1. The van der Waals surface area contributed by atoms with Gasteiger partial charge in [-0.15, -0.1) is 0 Å². The zero-order chi connectivity index (χ0) is 16.5. The molecule has 6 heteroatoms. The van der Waals surface area contributed by atoms with Gasteiger partial charge in [-0.1, -0.05) is 42.5 Å². The maximum atomic E-state index is 11.5. The number of nitrogens with one attached hydrogen (secondary N) is 1. The summed E-state index contributed by atoms with van der Waals surface area (Å²) >= 11 is 0. The molecule has 4 N–H and O–H groups in total. The van der Waals surface area contributed by atoms with E-state index in [1.165, 1.54) is 6.07 Å². The Morgan fingerprint density at radius 2 is 2.13 bits per heavy atom. The molecule has 1 amide bonds. The standard InChI is InChI=1S/C17H19N3O3/c18-16-15(21)10-14(11-20-16)8-4-5-9-19-17(22)23-12-13-6-2-1-3-7-13/h1-4,6-8,10-11,21H,5,9,12H2,(H2,18,20)(H,19,22). The van der Waals surface area contributed by atoms with E-state index >= 15 is 0 Å². The van der Waals surface area contributed by atoms with Crippen LogP contribution < -0.4 is 11.1 Å². The van der Waals surface area contributed by atoms with Gasteiger partial charge in [0.1, 0.15) is 6.61 Å². The molecule has 0 saturated heterocycles. The summed E-state index contributed by atoms with van der Waals surface area (Å²) in [7, 11) is 0. The van der Waals surface area contributed by atoms with Crippen LogP contribution in [0.2, 0.25) is 0 Å². The molecule has 0 saturated carbocycles. The second-order valence-electron chi connectivity index (χ2n) is 4.85. The summed E-state index contributed by atoms with van der Waals surface area (Å²) in [5.41, 5.74) is 7.10. The molecule has 1 aromatic heterocycles. The number of aromatic nitrogens is 1. The number of rotatable bonds is 6. The summed E-state index contributed by atoms with van der Waals surface area (Å²) < 4.78 is 5.09. The number of aromatic hydroxyl groups is 1. The van der Waals surface area contributed by atoms with Gasteiger partial charge in [-0.25, -0.2) is 9.78 Å². The molecule has 2 rings (SSSR count). The number of nitrogens with zero attached hydrogens (tertiary/aromatic N) is 1. The van der Waals surface area contributed by atoms with Gasteiger partial charge in [0, 0.05) is 12.7 Å². The number of hydrogen-bond donors (Lipinski definition) is 3. The van der Waals surface area contributed by atoms with Crippen molar-refractivity contribution in [1.29, 1.82) is 0 Å². The van der Waals surface area contributed by atoms with Crippen LogP contribution in [-0.4, -0.2) is 22.7 Å². The summed E-state index contributed by atoms with van der Waals surface area (Å²) in [5.74, 6) is 0.0553. The van der Waals surface area contributed by atoms with E-state index < -0.39 is 6.09 Å². The molecule has 0 spiro atoms. The van der Waals surface area contributed by atoms with Crippen LogP contribution >= 0.6 is 0 Å². The number of pyridine rings is 1. The minimum Gasteiger partial charge on any atom is -0.504 e. The van der Waals surface area contributed by atoms with Crippen molar-refractivity contribution >= 4 is 18.0 Å². The van der Waals surface area contributed by atoms with Crippen molar-refractivity contribution in [2.45, 2.75) is 13.0 Å². The number of ether oxygens (including phenoxy) is 1. The Balaban J connectivity index is 1.65. The van der Waals surface area contributed by atoms with Crippen molar-refractivity contribution in [3.8, 4) is 5.75 Å². The van der Waals surface area contributed by atoms with Gasteiger partial charge in [0.15, 0.2) is 11.6 Å². The van der Waals surface area contributed by atoms with Crippen LogP contribution in [0.3, 0.4) is 0 Å². The number of benzene rings is 1. The number of anilines is 1. The third kappa shape index (κ3) is 5.70. The number of nitrogen functional groups attached to an aromatic ring is 1. The smallest absolute Gasteiger partial charge is 0.407 e. The molecule has 0 radical (unpaired) electrons. The van der Waals surface area contributed by atoms with Crippen molar-refractivity contribution in [2.24, 2.45) is 0 Å². The van der Waals surface area contributed by atoms with Gasteiger partial charge in [-0.3, -0.25) is 0 Å². The Kier molecular flexibility index (Phi) is 5.99. The summed E-state index contributed by atoms with van der Waals surface area (Å²) in [6, 6.07) is 11.0. The lowest BCUT2D eigenvalue weighted by Crippen LogP contribution is -2.24. The van der Waals surface area contributed by atoms with Gasteiger partial charge in [0.2, 0.25) is 0 Å². The largest absolute Gasteiger partial charge is 0.504 e. The third-order valence-corrected chi connectivity index (χ3v) is 3.02. The van der Waals surface area contributed by atoms with Crippen LogP contribution in [0.25, 0.3) is 6.08 Å². The molecular weight excluding hydrogens is 294 g/mol. The van der Waals surface area contributed by atoms with Crippen LogP contribution in [-0.2, 0) is 11.3 Å². The molecule has 0 aliphatic rings. The van der Waals surface area contributed by atoms with E-state index in [0.717, 1.165) is 11.1 Å². The summed E-state index contributed by atoms with van der Waals surface area (Å²) in [4.78, 5) is 15.4. The Morgan fingerprint density at radius 1 is 1.35 bits per heavy atom. The zero-order valence-electron chi connectivity index (χ0n) is 12.6. The van der Waals surface area contributed by atoms with E-state index in [9.17, 15) is 9.90 Å². The monoisotopic (exact) mass is 313 g/mol. The number of amides is 1. The summed E-state index contributed by atoms with van der Waals surface area (Å²) in [6.07, 6.45) is 5.40. The number of nitrogens with two attached hydrogens (primary N) is 1. The van der Waals surface area contributed by atoms with Crippen molar-refractivity contribution in [1.82, 2.24) is 10.3 Å². The molecule has 120 valence electrons. The van der Waals surface area contributed by atoms with E-state index in [2.05, 4.69) is 10.3 Å². The average Bonchev–Trinajstić information content (AvgIpc) is 2.57. The fourth-order valence-corrected chi connectivity index (χ4v) is 1.82. The van der Waals surface area contributed by atoms with Gasteiger partial charge in [-0.05, 0) is 23.6 Å². The highest BCUT2D eigenvalue weighted by molar-refractivity contribution is 5.67. The molecule has 1 heterocycles. The van der Waals surface area contributed by atoms with E-state index in [0.29, 0.717) is 13.0 Å². The highest BCUT2D eigenvalue weighted by Gasteiger charge is 2.01. The number of hydrogen-bond acceptors (Lipinski definition) is 5. The average molecular weight is 313 g/mol. The molecule has 0 aliphatic carbocycles. The van der Waals surface area contributed by atoms with Gasteiger partial charge in [-0.2, -0.15) is 0 Å². The highest BCUT2D eigenvalue weighted by Crippen LogP contribution is 2.18. The maximum absolute atomic E-state index is 11.5. The fourth-order valence-electron chi connectivity index (χ4n) is 1.82. The van der Waals surface area contributed by atoms with Gasteiger partial charge in [0.05, 0.1) is 0 Å². The lowest BCUT2D eigenvalue weighted by Gasteiger charge is -2.05. The quantitative estimate of drug-likeness (QED) is 0.712.